The van der Waals surface area contributed by atoms with Gasteiger partial charge in [0.1, 0.15) is 0 Å². The molecular formula is C11H22N2S. The molecule has 1 aliphatic heterocycles. The first-order valence-electron chi connectivity index (χ1n) is 5.73. The molecule has 3 heteroatoms. The lowest BCUT2D eigenvalue weighted by Crippen LogP contribution is -2.39. The average molecular weight is 214 g/mol. The van der Waals surface area contributed by atoms with Gasteiger partial charge in [0.05, 0.1) is 0 Å². The first-order valence-corrected chi connectivity index (χ1v) is 6.88. The van der Waals surface area contributed by atoms with E-state index in [0.29, 0.717) is 5.41 Å². The van der Waals surface area contributed by atoms with Gasteiger partial charge in [-0.25, -0.2) is 0 Å². The van der Waals surface area contributed by atoms with Crippen molar-refractivity contribution in [3.63, 3.8) is 0 Å². The standard InChI is InChI=1S/C11H22N2S/c1-11(2)7-10(11)13-4-3-9-8-14-6-5-12-9/h9-10,12-13H,3-8H2,1-2H3. The van der Waals surface area contributed by atoms with Gasteiger partial charge in [0.25, 0.3) is 0 Å². The van der Waals surface area contributed by atoms with Crippen molar-refractivity contribution in [3.05, 3.63) is 0 Å². The Labute approximate surface area is 91.6 Å². The zero-order valence-corrected chi connectivity index (χ0v) is 10.1. The molecule has 0 bridgehead atoms. The van der Waals surface area contributed by atoms with Gasteiger partial charge in [0, 0.05) is 30.1 Å². The first kappa shape index (κ1) is 10.8. The molecule has 2 nitrogen and oxygen atoms in total. The Morgan fingerprint density at radius 1 is 1.50 bits per heavy atom. The third-order valence-corrected chi connectivity index (χ3v) is 4.53. The predicted octanol–water partition coefficient (Wildman–Crippen LogP) is 1.47. The Morgan fingerprint density at radius 3 is 2.86 bits per heavy atom. The molecule has 2 unspecified atom stereocenters. The normalized spacial score (nSPS) is 35.6. The van der Waals surface area contributed by atoms with Crippen LogP contribution in [0.1, 0.15) is 26.7 Å². The lowest BCUT2D eigenvalue weighted by molar-refractivity contribution is 0.479. The summed E-state index contributed by atoms with van der Waals surface area (Å²) in [7, 11) is 0. The van der Waals surface area contributed by atoms with Crippen LogP contribution < -0.4 is 10.6 Å². The van der Waals surface area contributed by atoms with E-state index in [1.165, 1.54) is 37.4 Å². The van der Waals surface area contributed by atoms with E-state index in [4.69, 9.17) is 0 Å². The van der Waals surface area contributed by atoms with E-state index < -0.39 is 0 Å². The highest BCUT2D eigenvalue weighted by Crippen LogP contribution is 2.44. The van der Waals surface area contributed by atoms with E-state index in [1.54, 1.807) is 0 Å². The Balaban J connectivity index is 1.54. The van der Waals surface area contributed by atoms with E-state index in [0.717, 1.165) is 12.1 Å². The van der Waals surface area contributed by atoms with Crippen molar-refractivity contribution in [2.75, 3.05) is 24.6 Å². The van der Waals surface area contributed by atoms with Gasteiger partial charge in [-0.1, -0.05) is 13.8 Å². The lowest BCUT2D eigenvalue weighted by Gasteiger charge is -2.23. The van der Waals surface area contributed by atoms with E-state index >= 15 is 0 Å². The molecule has 82 valence electrons. The molecule has 0 radical (unpaired) electrons. The Kier molecular flexibility index (Phi) is 3.40. The maximum atomic E-state index is 3.64. The Morgan fingerprint density at radius 2 is 2.29 bits per heavy atom. The van der Waals surface area contributed by atoms with E-state index in [2.05, 4.69) is 36.2 Å². The summed E-state index contributed by atoms with van der Waals surface area (Å²) in [6, 6.07) is 1.54. The second-order valence-electron chi connectivity index (χ2n) is 5.21. The second-order valence-corrected chi connectivity index (χ2v) is 6.36. The van der Waals surface area contributed by atoms with Crippen LogP contribution in [0.5, 0.6) is 0 Å². The smallest absolute Gasteiger partial charge is 0.0170 e. The summed E-state index contributed by atoms with van der Waals surface area (Å²) in [6.07, 6.45) is 2.65. The maximum Gasteiger partial charge on any atom is 0.0170 e. The van der Waals surface area contributed by atoms with Gasteiger partial charge in [-0.2, -0.15) is 11.8 Å². The zero-order chi connectivity index (χ0) is 10.0. The molecule has 1 saturated heterocycles. The minimum Gasteiger partial charge on any atom is -0.313 e. The molecule has 2 atom stereocenters. The van der Waals surface area contributed by atoms with Gasteiger partial charge in [-0.15, -0.1) is 0 Å². The molecule has 1 saturated carbocycles. The topological polar surface area (TPSA) is 24.1 Å². The summed E-state index contributed by atoms with van der Waals surface area (Å²) in [4.78, 5) is 0. The minimum absolute atomic E-state index is 0.578. The number of hydrogen-bond donors (Lipinski definition) is 2. The summed E-state index contributed by atoms with van der Waals surface area (Å²) < 4.78 is 0. The van der Waals surface area contributed by atoms with E-state index in [-0.39, 0.29) is 0 Å². The van der Waals surface area contributed by atoms with Crippen LogP contribution in [0.3, 0.4) is 0 Å². The van der Waals surface area contributed by atoms with Crippen LogP contribution in [0.25, 0.3) is 0 Å². The number of rotatable bonds is 4. The molecule has 0 aromatic rings. The highest BCUT2D eigenvalue weighted by molar-refractivity contribution is 7.99. The van der Waals surface area contributed by atoms with Gasteiger partial charge in [-0.05, 0) is 24.8 Å². The van der Waals surface area contributed by atoms with Crippen LogP contribution >= 0.6 is 11.8 Å². The number of hydrogen-bond acceptors (Lipinski definition) is 3. The molecule has 0 spiro atoms. The van der Waals surface area contributed by atoms with Gasteiger partial charge < -0.3 is 10.6 Å². The molecule has 0 aromatic carbocycles. The van der Waals surface area contributed by atoms with Crippen LogP contribution in [0.4, 0.5) is 0 Å². The number of thioether (sulfide) groups is 1. The molecule has 2 rings (SSSR count). The zero-order valence-electron chi connectivity index (χ0n) is 9.31. The molecule has 2 N–H and O–H groups in total. The van der Waals surface area contributed by atoms with Gasteiger partial charge in [0.15, 0.2) is 0 Å². The molecule has 14 heavy (non-hydrogen) atoms. The SMILES string of the molecule is CC1(C)CC1NCCC1CSCCN1. The van der Waals surface area contributed by atoms with Crippen molar-refractivity contribution in [2.24, 2.45) is 5.41 Å². The van der Waals surface area contributed by atoms with Crippen molar-refractivity contribution < 1.29 is 0 Å². The quantitative estimate of drug-likeness (QED) is 0.741. The van der Waals surface area contributed by atoms with Crippen molar-refractivity contribution in [1.82, 2.24) is 10.6 Å². The van der Waals surface area contributed by atoms with Crippen molar-refractivity contribution in [3.8, 4) is 0 Å². The average Bonchev–Trinajstić information content (AvgIpc) is 2.76. The van der Waals surface area contributed by atoms with Gasteiger partial charge >= 0.3 is 0 Å². The molecule has 0 amide bonds. The van der Waals surface area contributed by atoms with Crippen LogP contribution in [-0.4, -0.2) is 36.7 Å². The minimum atomic E-state index is 0.578. The fraction of sp³-hybridized carbons (Fsp3) is 1.00. The van der Waals surface area contributed by atoms with Gasteiger partial charge in [0.2, 0.25) is 0 Å². The van der Waals surface area contributed by atoms with Crippen LogP contribution in [0.15, 0.2) is 0 Å². The third-order valence-electron chi connectivity index (χ3n) is 3.40. The molecule has 2 aliphatic rings. The molecular weight excluding hydrogens is 192 g/mol. The molecule has 2 fully saturated rings. The fourth-order valence-corrected chi connectivity index (χ4v) is 3.05. The molecule has 1 heterocycles. The monoisotopic (exact) mass is 214 g/mol. The highest BCUT2D eigenvalue weighted by atomic mass is 32.2. The van der Waals surface area contributed by atoms with Crippen molar-refractivity contribution in [1.29, 1.82) is 0 Å². The van der Waals surface area contributed by atoms with Crippen LogP contribution in [0, 0.1) is 5.41 Å². The van der Waals surface area contributed by atoms with E-state index in [9.17, 15) is 0 Å². The summed E-state index contributed by atoms with van der Waals surface area (Å²) in [5.74, 6) is 2.59. The summed E-state index contributed by atoms with van der Waals surface area (Å²) in [5.41, 5.74) is 0.578. The maximum absolute atomic E-state index is 3.64. The van der Waals surface area contributed by atoms with Crippen LogP contribution in [-0.2, 0) is 0 Å². The van der Waals surface area contributed by atoms with Crippen LogP contribution in [0.2, 0.25) is 0 Å². The largest absolute Gasteiger partial charge is 0.313 e. The first-order chi connectivity index (χ1) is 6.68. The predicted molar refractivity (Wildman–Crippen MR) is 63.9 cm³/mol. The Bertz CT molecular complexity index is 188. The van der Waals surface area contributed by atoms with E-state index in [1.807, 2.05) is 0 Å². The summed E-state index contributed by atoms with van der Waals surface area (Å²) >= 11 is 2.09. The van der Waals surface area contributed by atoms with Crippen molar-refractivity contribution in [2.45, 2.75) is 38.8 Å². The third kappa shape index (κ3) is 2.88. The highest BCUT2D eigenvalue weighted by Gasteiger charge is 2.44. The second kappa shape index (κ2) is 4.42. The van der Waals surface area contributed by atoms with Gasteiger partial charge in [-0.3, -0.25) is 0 Å². The molecule has 0 aromatic heterocycles. The molecule has 1 aliphatic carbocycles. The summed E-state index contributed by atoms with van der Waals surface area (Å²) in [6.45, 7) is 7.08. The fourth-order valence-electron chi connectivity index (χ4n) is 2.05. The lowest BCUT2D eigenvalue weighted by atomic mass is 10.2. The summed E-state index contributed by atoms with van der Waals surface area (Å²) in [5, 5.41) is 7.22. The number of nitrogens with one attached hydrogen (secondary N) is 2. The van der Waals surface area contributed by atoms with Crippen molar-refractivity contribution >= 4 is 11.8 Å². The Hall–Kier alpha value is 0.270.